The molecule has 5 aromatic carbocycles. The first kappa shape index (κ1) is 54.4. The quantitative estimate of drug-likeness (QED) is 0.180. The van der Waals surface area contributed by atoms with Gasteiger partial charge in [-0.25, -0.2) is 9.97 Å². The minimum atomic E-state index is -0.111. The molecule has 8 bridgehead atoms. The Balaban J connectivity index is 1.39. The lowest BCUT2D eigenvalue weighted by Crippen LogP contribution is -2.16. The van der Waals surface area contributed by atoms with Crippen LogP contribution in [-0.2, 0) is 32.5 Å². The fourth-order valence-electron chi connectivity index (χ4n) is 11.6. The van der Waals surface area contributed by atoms with Crippen LogP contribution in [0.1, 0.15) is 197 Å². The van der Waals surface area contributed by atoms with E-state index in [1.807, 2.05) is 0 Å². The Morgan fingerprint density at radius 2 is 0.588 bits per heavy atom. The molecule has 1 aliphatic carbocycles. The number of allylic oxidation sites excluding steroid dienone is 2. The first-order valence-corrected chi connectivity index (χ1v) is 29.0. The highest BCUT2D eigenvalue weighted by Gasteiger charge is 2.35. The molecule has 3 aromatic heterocycles. The van der Waals surface area contributed by atoms with Gasteiger partial charge in [0, 0.05) is 55.5 Å². The number of H-pyrrole nitrogens is 2. The van der Waals surface area contributed by atoms with E-state index >= 15 is 0 Å². The third-order valence-electron chi connectivity index (χ3n) is 16.6. The molecule has 4 heteroatoms. The van der Waals surface area contributed by atoms with Gasteiger partial charge in [-0.15, -0.1) is 0 Å². The highest BCUT2D eigenvalue weighted by molar-refractivity contribution is 6.29. The van der Waals surface area contributed by atoms with Crippen LogP contribution in [0.5, 0.6) is 0 Å². The van der Waals surface area contributed by atoms with E-state index < -0.39 is 0 Å². The molecule has 80 heavy (non-hydrogen) atoms. The van der Waals surface area contributed by atoms with Gasteiger partial charge in [-0.2, -0.15) is 0 Å². The van der Waals surface area contributed by atoms with Crippen LogP contribution in [-0.4, -0.2) is 19.9 Å². The van der Waals surface area contributed by atoms with Crippen LogP contribution in [0.15, 0.2) is 140 Å². The van der Waals surface area contributed by atoms with Crippen LogP contribution in [0.25, 0.3) is 90.4 Å². The predicted molar refractivity (Wildman–Crippen MR) is 345 cm³/mol. The summed E-state index contributed by atoms with van der Waals surface area (Å²) >= 11 is 0. The molecule has 406 valence electrons. The first-order chi connectivity index (χ1) is 37.4. The van der Waals surface area contributed by atoms with Gasteiger partial charge in [-0.1, -0.05) is 240 Å². The van der Waals surface area contributed by atoms with E-state index in [1.165, 1.54) is 39.0 Å². The molecule has 5 heterocycles. The molecule has 8 aromatic rings. The lowest BCUT2D eigenvalue weighted by Gasteiger charge is -2.26. The second-order valence-electron chi connectivity index (χ2n) is 29.1. The van der Waals surface area contributed by atoms with Gasteiger partial charge >= 0.3 is 0 Å². The molecule has 0 unspecified atom stereocenters. The van der Waals surface area contributed by atoms with Crippen molar-refractivity contribution in [1.82, 2.24) is 19.9 Å². The van der Waals surface area contributed by atoms with E-state index in [0.717, 1.165) is 106 Å². The molecule has 0 fully saturated rings. The summed E-state index contributed by atoms with van der Waals surface area (Å²) in [5.74, 6) is 0. The van der Waals surface area contributed by atoms with Crippen molar-refractivity contribution in [3.05, 3.63) is 212 Å². The number of hydrogen-bond acceptors (Lipinski definition) is 2. The van der Waals surface area contributed by atoms with E-state index in [-0.39, 0.29) is 32.5 Å². The largest absolute Gasteiger partial charge is 0.354 e. The number of hydrogen-bond donors (Lipinski definition) is 2. The van der Waals surface area contributed by atoms with E-state index in [1.54, 1.807) is 0 Å². The maximum atomic E-state index is 5.98. The summed E-state index contributed by atoms with van der Waals surface area (Å²) in [7, 11) is 0. The minimum absolute atomic E-state index is 0.103. The molecule has 0 saturated carbocycles. The third kappa shape index (κ3) is 10.1. The first-order valence-electron chi connectivity index (χ1n) is 29.0. The third-order valence-corrected chi connectivity index (χ3v) is 16.6. The standard InChI is InChI=1S/C76H82N4/c1-71(2,3)50-35-47(36-51(41-50)72(4,5)6)65-57-29-30-58(77-57)66(48-37-52(73(7,8)9)42-53(38-48)74(10,11)12)60-33-34-62(79-60)69-68(46-27-23-20-24-28-46)64(45-25-21-19-22-26-45)56-44-63(80-70(56)69)67(61-32-31-59(65)78-61)49-39-54(75(13,14)15)43-55(40-49)76(16,17)18/h19-44,78-79H,1-18H3. The molecule has 0 atom stereocenters. The van der Waals surface area contributed by atoms with E-state index in [2.05, 4.69) is 292 Å². The number of fused-ring (bicyclic) bond motifs is 8. The second kappa shape index (κ2) is 19.0. The lowest BCUT2D eigenvalue weighted by atomic mass is 9.78. The second-order valence-corrected chi connectivity index (χ2v) is 29.1. The van der Waals surface area contributed by atoms with Crippen molar-refractivity contribution in [3.8, 4) is 33.4 Å². The van der Waals surface area contributed by atoms with Crippen molar-refractivity contribution in [2.45, 2.75) is 157 Å². The zero-order valence-electron chi connectivity index (χ0n) is 50.9. The maximum Gasteiger partial charge on any atom is 0.0816 e. The summed E-state index contributed by atoms with van der Waals surface area (Å²) in [6, 6.07) is 52.7. The number of aromatic nitrogens is 4. The molecule has 3 aliphatic rings. The van der Waals surface area contributed by atoms with Crippen molar-refractivity contribution in [1.29, 1.82) is 0 Å². The van der Waals surface area contributed by atoms with Crippen molar-refractivity contribution in [2.24, 2.45) is 0 Å². The normalized spacial score (nSPS) is 14.1. The Morgan fingerprint density at radius 1 is 0.287 bits per heavy atom. The van der Waals surface area contributed by atoms with Crippen molar-refractivity contribution >= 4 is 57.0 Å². The van der Waals surface area contributed by atoms with Gasteiger partial charge < -0.3 is 9.97 Å². The van der Waals surface area contributed by atoms with Gasteiger partial charge in [-0.3, -0.25) is 0 Å². The molecule has 0 radical (unpaired) electrons. The summed E-state index contributed by atoms with van der Waals surface area (Å²) in [5, 5.41) is 0. The fraction of sp³-hybridized carbons (Fsp3) is 0.316. The number of nitrogens with one attached hydrogen (secondary N) is 2. The average molecular weight is 1050 g/mol. The van der Waals surface area contributed by atoms with Gasteiger partial charge in [0.15, 0.2) is 0 Å². The molecule has 0 spiro atoms. The molecular formula is C76H82N4. The highest BCUT2D eigenvalue weighted by Crippen LogP contribution is 2.53. The van der Waals surface area contributed by atoms with Crippen LogP contribution in [0, 0.1) is 0 Å². The smallest absolute Gasteiger partial charge is 0.0816 e. The van der Waals surface area contributed by atoms with Crippen LogP contribution in [0.2, 0.25) is 0 Å². The maximum absolute atomic E-state index is 5.98. The fourth-order valence-corrected chi connectivity index (χ4v) is 11.6. The van der Waals surface area contributed by atoms with Gasteiger partial charge in [0.05, 0.1) is 22.8 Å². The van der Waals surface area contributed by atoms with Gasteiger partial charge in [0.1, 0.15) is 0 Å². The van der Waals surface area contributed by atoms with Crippen LogP contribution >= 0.6 is 0 Å². The molecule has 4 nitrogen and oxygen atoms in total. The molecule has 0 saturated heterocycles. The van der Waals surface area contributed by atoms with Crippen molar-refractivity contribution in [3.63, 3.8) is 0 Å². The summed E-state index contributed by atoms with van der Waals surface area (Å²) in [5.41, 5.74) is 28.2. The summed E-state index contributed by atoms with van der Waals surface area (Å²) in [4.78, 5) is 20.1. The Bertz CT molecular complexity index is 3970. The van der Waals surface area contributed by atoms with Gasteiger partial charge in [-0.05, 0) is 142 Å². The minimum Gasteiger partial charge on any atom is -0.354 e. The number of benzene rings is 5. The zero-order valence-corrected chi connectivity index (χ0v) is 50.9. The van der Waals surface area contributed by atoms with Crippen LogP contribution in [0.3, 0.4) is 0 Å². The van der Waals surface area contributed by atoms with Crippen LogP contribution < -0.4 is 0 Å². The highest BCUT2D eigenvalue weighted by atomic mass is 14.8. The number of aromatic amines is 2. The molecule has 11 rings (SSSR count). The van der Waals surface area contributed by atoms with E-state index in [4.69, 9.17) is 9.97 Å². The predicted octanol–water partition coefficient (Wildman–Crippen LogP) is 20.8. The number of rotatable bonds is 5. The summed E-state index contributed by atoms with van der Waals surface area (Å²) in [6.07, 6.45) is 6.89. The Kier molecular flexibility index (Phi) is 12.9. The number of nitrogens with zero attached hydrogens (tertiary/aromatic N) is 2. The van der Waals surface area contributed by atoms with Crippen LogP contribution in [0.4, 0.5) is 0 Å². The topological polar surface area (TPSA) is 57.4 Å². The molecule has 2 aliphatic heterocycles. The molecule has 0 amide bonds. The van der Waals surface area contributed by atoms with Gasteiger partial charge in [0.2, 0.25) is 0 Å². The Hall–Kier alpha value is -7.56. The summed E-state index contributed by atoms with van der Waals surface area (Å²) < 4.78 is 0. The average Bonchev–Trinajstić information content (AvgIpc) is 4.30. The summed E-state index contributed by atoms with van der Waals surface area (Å²) in [6.45, 7) is 41.8. The molecule has 2 N–H and O–H groups in total. The van der Waals surface area contributed by atoms with E-state index in [9.17, 15) is 0 Å². The van der Waals surface area contributed by atoms with Crippen molar-refractivity contribution < 1.29 is 0 Å². The Morgan fingerprint density at radius 3 is 0.912 bits per heavy atom. The van der Waals surface area contributed by atoms with Crippen molar-refractivity contribution in [2.75, 3.05) is 0 Å². The monoisotopic (exact) mass is 1050 g/mol. The zero-order chi connectivity index (χ0) is 57.2. The van der Waals surface area contributed by atoms with Gasteiger partial charge in [0.25, 0.3) is 0 Å². The lowest BCUT2D eigenvalue weighted by molar-refractivity contribution is 0.568. The van der Waals surface area contributed by atoms with E-state index in [0.29, 0.717) is 0 Å². The SMILES string of the molecule is CC(C)(C)c1cc(-c2c3nc(c(-c4cc(C(C)(C)C)cc(C(C)(C)C)c4)c4ccc([nH]4)c(-c4cc(C(C)(C)C)cc(C(C)(C)C)c4)c4nc5c(c6ccc2[nH]6)C(c2ccccc2)=C(c2ccccc2)C5=C4)C=C3)cc(C(C)(C)C)c1. The Labute approximate surface area is 477 Å². The molecular weight excluding hydrogens is 969 g/mol.